The number of unbranched alkanes of at least 4 members (excludes halogenated alkanes) is 1. The summed E-state index contributed by atoms with van der Waals surface area (Å²) >= 11 is 7.43. The Morgan fingerprint density at radius 2 is 1.61 bits per heavy atom. The number of thiazole rings is 1. The molecule has 2 N–H and O–H groups in total. The normalized spacial score (nSPS) is 18.5. The summed E-state index contributed by atoms with van der Waals surface area (Å²) in [5.74, 6) is -0.658. The van der Waals surface area contributed by atoms with E-state index in [1.165, 1.54) is 6.07 Å². The van der Waals surface area contributed by atoms with Gasteiger partial charge in [-0.1, -0.05) is 52.0 Å². The van der Waals surface area contributed by atoms with Crippen LogP contribution < -0.4 is 25.2 Å². The van der Waals surface area contributed by atoms with Gasteiger partial charge in [-0.25, -0.2) is 4.98 Å². The summed E-state index contributed by atoms with van der Waals surface area (Å²) in [6.45, 7) is 12.9. The van der Waals surface area contributed by atoms with Crippen molar-refractivity contribution in [2.24, 2.45) is 11.3 Å². The topological polar surface area (TPSA) is 170 Å². The van der Waals surface area contributed by atoms with Crippen LogP contribution in [0.3, 0.4) is 0 Å². The molecule has 0 saturated carbocycles. The number of alkyl halides is 3. The van der Waals surface area contributed by atoms with E-state index in [9.17, 15) is 37.6 Å². The molecule has 396 valence electrons. The van der Waals surface area contributed by atoms with Gasteiger partial charge in [-0.2, -0.15) is 18.4 Å². The molecule has 74 heavy (non-hydrogen) atoms. The lowest BCUT2D eigenvalue weighted by molar-refractivity contribution is -0.144. The van der Waals surface area contributed by atoms with Gasteiger partial charge in [-0.15, -0.1) is 11.3 Å². The molecular weight excluding hydrogens is 994 g/mol. The van der Waals surface area contributed by atoms with E-state index >= 15 is 0 Å². The predicted molar refractivity (Wildman–Crippen MR) is 280 cm³/mol. The van der Waals surface area contributed by atoms with Crippen molar-refractivity contribution in [3.63, 3.8) is 0 Å². The number of aromatic nitrogens is 1. The SMILES string of the molecule is Cc1ncsc1-c1ccc(CNC(=O)[C@@H]2C[C@@H](C)CN2C(=O)[C@@H](NC(=O)COCCCOCCCCOc2ccc(N3C(=S)N(c4ccc(C#N)c(C(F)(F)F)c4)C(=O)C34CCN(C)CC4)cc2)C(C)(C)C)cc1. The first-order valence-electron chi connectivity index (χ1n) is 25.0. The summed E-state index contributed by atoms with van der Waals surface area (Å²) in [7, 11) is 1.95. The maximum atomic E-state index is 14.3. The second-order valence-electron chi connectivity index (χ2n) is 20.4. The van der Waals surface area contributed by atoms with Gasteiger partial charge in [0.1, 0.15) is 30.0 Å². The minimum absolute atomic E-state index is 0.0472. The number of piperidine rings is 1. The van der Waals surface area contributed by atoms with Crippen molar-refractivity contribution in [3.05, 3.63) is 94.6 Å². The first kappa shape index (κ1) is 55.8. The fourth-order valence-corrected chi connectivity index (χ4v) is 10.9. The van der Waals surface area contributed by atoms with Crippen LogP contribution in [0.5, 0.6) is 5.75 Å². The van der Waals surface area contributed by atoms with Crippen LogP contribution in [-0.2, 0) is 41.4 Å². The number of nitriles is 1. The molecule has 3 aliphatic heterocycles. The highest BCUT2D eigenvalue weighted by molar-refractivity contribution is 7.81. The molecular formula is C54H65F3N8O7S2. The zero-order chi connectivity index (χ0) is 53.4. The molecule has 3 saturated heterocycles. The average Bonchev–Trinajstić information content (AvgIpc) is 4.04. The van der Waals surface area contributed by atoms with E-state index in [-0.39, 0.29) is 41.7 Å². The number of nitrogens with zero attached hydrogens (tertiary/aromatic N) is 6. The molecule has 0 aliphatic carbocycles. The van der Waals surface area contributed by atoms with Gasteiger partial charge >= 0.3 is 6.18 Å². The third-order valence-electron chi connectivity index (χ3n) is 13.7. The number of halogens is 3. The van der Waals surface area contributed by atoms with Crippen molar-refractivity contribution >= 4 is 63.7 Å². The van der Waals surface area contributed by atoms with E-state index in [4.69, 9.17) is 26.4 Å². The molecule has 3 atom stereocenters. The third-order valence-corrected chi connectivity index (χ3v) is 15.1. The Balaban J connectivity index is 0.804. The fourth-order valence-electron chi connectivity index (χ4n) is 9.62. The standard InChI is InChI=1S/C54H65F3N8O7S2/c1-35-28-44(48(67)59-31-37-10-12-38(13-11-37)46-36(2)60-34-74-46)63(32-35)49(68)47(52(3,4)5)61-45(66)33-71-26-9-25-70-24-7-8-27-72-42-18-16-40(17-19-42)65-51(73)64(50(69)53(65)20-22-62(6)23-21-53)41-15-14-39(30-58)43(29-41)54(55,56)57/h10-19,29,34-35,44,47H,7-9,20-28,31-33H2,1-6H3,(H,59,67)(H,61,66)/t35-,44+,47-/m1/s1. The minimum Gasteiger partial charge on any atom is -0.494 e. The lowest BCUT2D eigenvalue weighted by atomic mass is 9.85. The summed E-state index contributed by atoms with van der Waals surface area (Å²) in [5.41, 5.74) is 1.95. The number of thiocarbonyl (C=S) groups is 1. The van der Waals surface area contributed by atoms with E-state index in [0.29, 0.717) is 89.5 Å². The van der Waals surface area contributed by atoms with Gasteiger partial charge in [0.25, 0.3) is 5.91 Å². The summed E-state index contributed by atoms with van der Waals surface area (Å²) in [5, 5.41) is 15.3. The van der Waals surface area contributed by atoms with Crippen molar-refractivity contribution in [2.75, 3.05) is 69.5 Å². The smallest absolute Gasteiger partial charge is 0.417 e. The van der Waals surface area contributed by atoms with Gasteiger partial charge < -0.3 is 39.5 Å². The summed E-state index contributed by atoms with van der Waals surface area (Å²) in [6.07, 6.45) is -1.47. The fraction of sp³-hybridized carbons (Fsp3) is 0.500. The van der Waals surface area contributed by atoms with Gasteiger partial charge in [0.05, 0.1) is 45.6 Å². The average molecular weight is 1060 g/mol. The van der Waals surface area contributed by atoms with Crippen LogP contribution >= 0.6 is 23.6 Å². The number of rotatable bonds is 20. The first-order valence-corrected chi connectivity index (χ1v) is 26.2. The van der Waals surface area contributed by atoms with Crippen molar-refractivity contribution in [1.29, 1.82) is 5.26 Å². The summed E-state index contributed by atoms with van der Waals surface area (Å²) in [4.78, 5) is 67.1. The maximum absolute atomic E-state index is 14.3. The van der Waals surface area contributed by atoms with Crippen LogP contribution in [0.2, 0.25) is 0 Å². The van der Waals surface area contributed by atoms with Crippen molar-refractivity contribution in [1.82, 2.24) is 25.4 Å². The lowest BCUT2D eigenvalue weighted by Gasteiger charge is -2.41. The first-order chi connectivity index (χ1) is 35.2. The summed E-state index contributed by atoms with van der Waals surface area (Å²) in [6, 6.07) is 18.4. The molecule has 3 aromatic carbocycles. The maximum Gasteiger partial charge on any atom is 0.417 e. The predicted octanol–water partition coefficient (Wildman–Crippen LogP) is 8.28. The van der Waals surface area contributed by atoms with Crippen LogP contribution in [0, 0.1) is 29.6 Å². The zero-order valence-corrected chi connectivity index (χ0v) is 44.4. The monoisotopic (exact) mass is 1060 g/mol. The molecule has 4 aromatic rings. The Hall–Kier alpha value is -5.98. The molecule has 4 amide bonds. The Labute approximate surface area is 440 Å². The Bertz CT molecular complexity index is 2680. The molecule has 20 heteroatoms. The molecule has 15 nitrogen and oxygen atoms in total. The second kappa shape index (κ2) is 24.1. The number of hydrogen-bond donors (Lipinski definition) is 2. The number of nitrogens with one attached hydrogen (secondary N) is 2. The largest absolute Gasteiger partial charge is 0.494 e. The number of anilines is 2. The van der Waals surface area contributed by atoms with Gasteiger partial charge in [-0.3, -0.25) is 24.1 Å². The lowest BCUT2D eigenvalue weighted by Crippen LogP contribution is -2.58. The molecule has 4 heterocycles. The molecule has 3 fully saturated rings. The highest BCUT2D eigenvalue weighted by Crippen LogP contribution is 2.44. The van der Waals surface area contributed by atoms with Crippen molar-refractivity contribution in [2.45, 2.75) is 103 Å². The number of likely N-dealkylation sites (tertiary alicyclic amines) is 2. The number of carbonyl (C=O) groups excluding carboxylic acids is 4. The number of aryl methyl sites for hydroxylation is 1. The van der Waals surface area contributed by atoms with Crippen LogP contribution in [-0.4, -0.2) is 121 Å². The van der Waals surface area contributed by atoms with Gasteiger partial charge in [-0.05, 0) is 130 Å². The minimum atomic E-state index is -4.80. The van der Waals surface area contributed by atoms with Crippen LogP contribution in [0.4, 0.5) is 24.5 Å². The number of carbonyl (C=O) groups is 4. The Morgan fingerprint density at radius 1 is 0.946 bits per heavy atom. The number of ether oxygens (including phenoxy) is 3. The van der Waals surface area contributed by atoms with E-state index in [1.807, 2.05) is 71.4 Å². The van der Waals surface area contributed by atoms with Crippen LogP contribution in [0.25, 0.3) is 10.4 Å². The zero-order valence-electron chi connectivity index (χ0n) is 42.8. The van der Waals surface area contributed by atoms with Crippen LogP contribution in [0.15, 0.2) is 72.2 Å². The summed E-state index contributed by atoms with van der Waals surface area (Å²) < 4.78 is 59.2. The Kier molecular flexibility index (Phi) is 18.2. The number of amides is 4. The highest BCUT2D eigenvalue weighted by atomic mass is 32.1. The molecule has 0 unspecified atom stereocenters. The molecule has 3 aliphatic rings. The van der Waals surface area contributed by atoms with E-state index in [2.05, 4.69) is 20.5 Å². The van der Waals surface area contributed by atoms with E-state index in [1.54, 1.807) is 51.5 Å². The van der Waals surface area contributed by atoms with Crippen LogP contribution in [0.1, 0.15) is 88.6 Å². The highest BCUT2D eigenvalue weighted by Gasteiger charge is 2.57. The Morgan fingerprint density at radius 3 is 2.26 bits per heavy atom. The molecule has 0 bridgehead atoms. The molecule has 1 aromatic heterocycles. The van der Waals surface area contributed by atoms with E-state index < -0.39 is 52.2 Å². The number of hydrogen-bond acceptors (Lipinski definition) is 12. The quantitative estimate of drug-likeness (QED) is 0.0643. The number of benzene rings is 3. The molecule has 7 rings (SSSR count). The second-order valence-corrected chi connectivity index (χ2v) is 21.6. The molecule has 1 spiro atoms. The van der Waals surface area contributed by atoms with Gasteiger partial charge in [0.15, 0.2) is 5.11 Å². The van der Waals surface area contributed by atoms with Gasteiger partial charge in [0, 0.05) is 51.7 Å². The van der Waals surface area contributed by atoms with Crippen molar-refractivity contribution in [3.8, 4) is 22.3 Å². The molecule has 0 radical (unpaired) electrons. The van der Waals surface area contributed by atoms with Crippen molar-refractivity contribution < 1.29 is 46.6 Å². The van der Waals surface area contributed by atoms with E-state index in [0.717, 1.165) is 45.2 Å². The van der Waals surface area contributed by atoms with Gasteiger partial charge in [0.2, 0.25) is 17.7 Å². The third kappa shape index (κ3) is 13.1.